The Morgan fingerprint density at radius 3 is 2.80 bits per heavy atom. The lowest BCUT2D eigenvalue weighted by atomic mass is 9.98. The minimum Gasteiger partial charge on any atom is -0.300 e. The van der Waals surface area contributed by atoms with E-state index in [4.69, 9.17) is 6.42 Å². The molecule has 1 aromatic heterocycles. The van der Waals surface area contributed by atoms with Gasteiger partial charge in [-0.05, 0) is 30.3 Å². The van der Waals surface area contributed by atoms with Crippen LogP contribution in [-0.4, -0.2) is 21.5 Å². The fraction of sp³-hybridized carbons (Fsp3) is 0.0500. The Labute approximate surface area is 143 Å². The summed E-state index contributed by atoms with van der Waals surface area (Å²) in [6, 6.07) is 11.9. The number of hydrogen-bond donors (Lipinski definition) is 0. The van der Waals surface area contributed by atoms with Crippen molar-refractivity contribution in [3.63, 3.8) is 0 Å². The molecule has 0 radical (unpaired) electrons. The third-order valence-corrected chi connectivity index (χ3v) is 4.20. The molecule has 4 nitrogen and oxygen atoms in total. The Hall–Kier alpha value is -3.52. The molecule has 2 heterocycles. The summed E-state index contributed by atoms with van der Waals surface area (Å²) in [4.78, 5) is 20.0. The number of carbonyl (C=O) groups excluding carboxylic acids is 1. The molecule has 3 aromatic rings. The van der Waals surface area contributed by atoms with Gasteiger partial charge in [0.2, 0.25) is 0 Å². The molecule has 0 amide bonds. The molecule has 25 heavy (non-hydrogen) atoms. The van der Waals surface area contributed by atoms with Crippen molar-refractivity contribution < 1.29 is 9.18 Å². The van der Waals surface area contributed by atoms with E-state index in [-0.39, 0.29) is 12.4 Å². The molecule has 0 unspecified atom stereocenters. The summed E-state index contributed by atoms with van der Waals surface area (Å²) >= 11 is 0. The highest BCUT2D eigenvalue weighted by Crippen LogP contribution is 2.27. The molecular weight excluding hydrogens is 317 g/mol. The van der Waals surface area contributed by atoms with Crippen molar-refractivity contribution in [1.29, 1.82) is 0 Å². The highest BCUT2D eigenvalue weighted by molar-refractivity contribution is 6.15. The summed E-state index contributed by atoms with van der Waals surface area (Å²) < 4.78 is 16.2. The minimum absolute atomic E-state index is 0.220. The van der Waals surface area contributed by atoms with E-state index >= 15 is 0 Å². The average Bonchev–Trinajstić information content (AvgIpc) is 2.98. The number of halogens is 1. The number of nitrogens with zero attached hydrogens (tertiary/aromatic N) is 3. The van der Waals surface area contributed by atoms with E-state index in [0.29, 0.717) is 40.1 Å². The van der Waals surface area contributed by atoms with E-state index in [1.54, 1.807) is 41.2 Å². The summed E-state index contributed by atoms with van der Waals surface area (Å²) in [5.74, 6) is 2.23. The largest absolute Gasteiger partial charge is 0.300 e. The van der Waals surface area contributed by atoms with Crippen LogP contribution in [0.4, 0.5) is 4.39 Å². The number of benzene rings is 2. The van der Waals surface area contributed by atoms with Crippen molar-refractivity contribution in [1.82, 2.24) is 9.55 Å². The minimum atomic E-state index is -0.362. The first-order chi connectivity index (χ1) is 12.2. The Morgan fingerprint density at radius 1 is 1.20 bits per heavy atom. The van der Waals surface area contributed by atoms with E-state index in [0.717, 1.165) is 5.69 Å². The molecule has 120 valence electrons. The van der Waals surface area contributed by atoms with E-state index in [1.807, 2.05) is 6.07 Å². The van der Waals surface area contributed by atoms with Gasteiger partial charge in [-0.2, -0.15) is 0 Å². The molecular formula is C20H12FN3O. The van der Waals surface area contributed by atoms with Crippen molar-refractivity contribution in [3.8, 4) is 18.0 Å². The lowest BCUT2D eigenvalue weighted by molar-refractivity contribution is 0.111. The number of fused-ring (bicyclic) bond motifs is 3. The predicted octanol–water partition coefficient (Wildman–Crippen LogP) is 3.16. The van der Waals surface area contributed by atoms with Gasteiger partial charge in [0.1, 0.15) is 17.8 Å². The SMILES string of the molecule is C#Cc1ccc2c(c1)C(c1ccccc1F)=NCc1c(C=O)ncn1-2. The maximum absolute atomic E-state index is 14.4. The molecule has 0 aliphatic carbocycles. The van der Waals surface area contributed by atoms with Crippen molar-refractivity contribution in [2.24, 2.45) is 4.99 Å². The van der Waals surface area contributed by atoms with Crippen LogP contribution in [0.2, 0.25) is 0 Å². The van der Waals surface area contributed by atoms with Crippen LogP contribution in [-0.2, 0) is 6.54 Å². The fourth-order valence-electron chi connectivity index (χ4n) is 3.00. The standard InChI is InChI=1S/C20H12FN3O/c1-2-13-7-8-18-15(9-13)20(14-5-3-4-6-16(14)21)22-10-19-17(11-25)23-12-24(18)19/h1,3-9,11-12H,10H2. The molecule has 5 heteroatoms. The number of rotatable bonds is 2. The zero-order valence-electron chi connectivity index (χ0n) is 13.1. The summed E-state index contributed by atoms with van der Waals surface area (Å²) in [5, 5.41) is 0. The highest BCUT2D eigenvalue weighted by Gasteiger charge is 2.23. The zero-order chi connectivity index (χ0) is 17.4. The third kappa shape index (κ3) is 2.36. The van der Waals surface area contributed by atoms with Crippen LogP contribution >= 0.6 is 0 Å². The van der Waals surface area contributed by atoms with Crippen LogP contribution in [0.3, 0.4) is 0 Å². The van der Waals surface area contributed by atoms with E-state index in [2.05, 4.69) is 15.9 Å². The second-order valence-corrected chi connectivity index (χ2v) is 5.59. The normalized spacial score (nSPS) is 12.4. The van der Waals surface area contributed by atoms with Crippen LogP contribution in [0.1, 0.15) is 32.9 Å². The summed E-state index contributed by atoms with van der Waals surface area (Å²) in [6.45, 7) is 0.220. The first-order valence-corrected chi connectivity index (χ1v) is 7.65. The topological polar surface area (TPSA) is 47.2 Å². The smallest absolute Gasteiger partial charge is 0.170 e. The quantitative estimate of drug-likeness (QED) is 0.536. The van der Waals surface area contributed by atoms with Gasteiger partial charge in [-0.15, -0.1) is 6.42 Å². The number of aldehydes is 1. The van der Waals surface area contributed by atoms with Gasteiger partial charge in [-0.25, -0.2) is 9.37 Å². The van der Waals surface area contributed by atoms with Gasteiger partial charge in [0.05, 0.1) is 23.6 Å². The van der Waals surface area contributed by atoms with Crippen LogP contribution in [0.25, 0.3) is 5.69 Å². The van der Waals surface area contributed by atoms with E-state index in [1.165, 1.54) is 6.07 Å². The second kappa shape index (κ2) is 5.84. The first-order valence-electron chi connectivity index (χ1n) is 7.65. The Kier molecular flexibility index (Phi) is 3.51. The van der Waals surface area contributed by atoms with Crippen molar-refractivity contribution in [2.45, 2.75) is 6.54 Å². The Morgan fingerprint density at radius 2 is 2.04 bits per heavy atom. The van der Waals surface area contributed by atoms with Gasteiger partial charge in [0.25, 0.3) is 0 Å². The summed E-state index contributed by atoms with van der Waals surface area (Å²) in [5.41, 5.74) is 4.02. The number of hydrogen-bond acceptors (Lipinski definition) is 3. The van der Waals surface area contributed by atoms with E-state index in [9.17, 15) is 9.18 Å². The molecule has 0 N–H and O–H groups in total. The molecule has 2 aromatic carbocycles. The predicted molar refractivity (Wildman–Crippen MR) is 92.6 cm³/mol. The number of aromatic nitrogens is 2. The molecule has 0 bridgehead atoms. The Balaban J connectivity index is 2.03. The van der Waals surface area contributed by atoms with Crippen LogP contribution in [0, 0.1) is 18.2 Å². The number of aliphatic imine (C=N–C) groups is 1. The maximum atomic E-state index is 14.4. The molecule has 1 aliphatic heterocycles. The first kappa shape index (κ1) is 15.0. The van der Waals surface area contributed by atoms with Crippen molar-refractivity contribution in [3.05, 3.63) is 82.7 Å². The molecule has 0 spiro atoms. The molecule has 0 saturated heterocycles. The molecule has 1 aliphatic rings. The third-order valence-electron chi connectivity index (χ3n) is 4.20. The van der Waals surface area contributed by atoms with Gasteiger partial charge in [-0.3, -0.25) is 14.4 Å². The summed E-state index contributed by atoms with van der Waals surface area (Å²) in [7, 11) is 0. The highest BCUT2D eigenvalue weighted by atomic mass is 19.1. The monoisotopic (exact) mass is 329 g/mol. The van der Waals surface area contributed by atoms with Gasteiger partial charge in [0, 0.05) is 16.7 Å². The average molecular weight is 329 g/mol. The van der Waals surface area contributed by atoms with Crippen molar-refractivity contribution in [2.75, 3.05) is 0 Å². The van der Waals surface area contributed by atoms with Crippen LogP contribution < -0.4 is 0 Å². The molecule has 0 fully saturated rings. The molecule has 4 rings (SSSR count). The lowest BCUT2D eigenvalue weighted by Gasteiger charge is -2.12. The Bertz CT molecular complexity index is 1070. The van der Waals surface area contributed by atoms with Crippen LogP contribution in [0.5, 0.6) is 0 Å². The lowest BCUT2D eigenvalue weighted by Crippen LogP contribution is -2.09. The van der Waals surface area contributed by atoms with Gasteiger partial charge < -0.3 is 0 Å². The van der Waals surface area contributed by atoms with Gasteiger partial charge >= 0.3 is 0 Å². The summed E-state index contributed by atoms with van der Waals surface area (Å²) in [6.07, 6.45) is 7.80. The van der Waals surface area contributed by atoms with Crippen molar-refractivity contribution >= 4 is 12.0 Å². The van der Waals surface area contributed by atoms with E-state index < -0.39 is 0 Å². The number of imidazole rings is 1. The van der Waals surface area contributed by atoms with Gasteiger partial charge in [0.15, 0.2) is 6.29 Å². The van der Waals surface area contributed by atoms with Gasteiger partial charge in [-0.1, -0.05) is 18.1 Å². The number of terminal acetylenes is 1. The fourth-order valence-corrected chi connectivity index (χ4v) is 3.00. The molecule has 0 atom stereocenters. The molecule has 0 saturated carbocycles. The maximum Gasteiger partial charge on any atom is 0.170 e. The number of carbonyl (C=O) groups is 1. The zero-order valence-corrected chi connectivity index (χ0v) is 13.1. The van der Waals surface area contributed by atoms with Crippen LogP contribution in [0.15, 0.2) is 53.8 Å². The second-order valence-electron chi connectivity index (χ2n) is 5.59.